The summed E-state index contributed by atoms with van der Waals surface area (Å²) in [5.41, 5.74) is 0. The van der Waals surface area contributed by atoms with Crippen LogP contribution in [0.5, 0.6) is 0 Å². The molecule has 0 aromatic carbocycles. The van der Waals surface area contributed by atoms with Crippen LogP contribution in [0.1, 0.15) is 0 Å². The predicted molar refractivity (Wildman–Crippen MR) is 30.2 cm³/mol. The van der Waals surface area contributed by atoms with E-state index in [1.165, 1.54) is 0 Å². The van der Waals surface area contributed by atoms with E-state index < -0.39 is 11.9 Å². The predicted octanol–water partition coefficient (Wildman–Crippen LogP) is -0.669. The topological polar surface area (TPSA) is 74.6 Å². The van der Waals surface area contributed by atoms with Crippen molar-refractivity contribution in [1.29, 1.82) is 0 Å². The molecule has 46 valence electrons. The molecule has 0 saturated carbocycles. The zero-order valence-electron chi connectivity index (χ0n) is 4.57. The Morgan fingerprint density at radius 2 is 1.22 bits per heavy atom. The molecule has 5 heteroatoms. The maximum Gasteiger partial charge on any atom is 0.328 e. The molecule has 0 saturated heterocycles. The molecule has 0 aliphatic carbocycles. The zero-order valence-corrected chi connectivity index (χ0v) is 8.05. The van der Waals surface area contributed by atoms with Crippen LogP contribution in [0.4, 0.5) is 0 Å². The van der Waals surface area contributed by atoms with Gasteiger partial charge < -0.3 is 10.2 Å². The van der Waals surface area contributed by atoms with Crippen molar-refractivity contribution in [1.82, 2.24) is 0 Å². The number of carbonyl (C=O) groups is 2. The van der Waals surface area contributed by atoms with Gasteiger partial charge in [-0.2, -0.15) is 0 Å². The summed E-state index contributed by atoms with van der Waals surface area (Å²) in [6, 6.07) is 0. The van der Waals surface area contributed by atoms with Crippen molar-refractivity contribution in [2.45, 2.75) is 0 Å². The second-order valence-electron chi connectivity index (χ2n) is 1.01. The molecule has 0 unspecified atom stereocenters. The van der Waals surface area contributed by atoms with Crippen molar-refractivity contribution < 1.29 is 19.8 Å². The van der Waals surface area contributed by atoms with Crippen molar-refractivity contribution in [3.63, 3.8) is 0 Å². The SMILES string of the molecule is O=C(O)/C=C\C(=O)O.[Sr]. The molecule has 4 nitrogen and oxygen atoms in total. The fraction of sp³-hybridized carbons (Fsp3) is 0. The minimum absolute atomic E-state index is 0. The van der Waals surface area contributed by atoms with Gasteiger partial charge in [0.05, 0.1) is 0 Å². The van der Waals surface area contributed by atoms with Gasteiger partial charge in [0.25, 0.3) is 0 Å². The van der Waals surface area contributed by atoms with Gasteiger partial charge in [-0.15, -0.1) is 0 Å². The molecule has 0 rings (SSSR count). The Balaban J connectivity index is 0. The Morgan fingerprint density at radius 3 is 1.33 bits per heavy atom. The molecular formula is C4H4O4Sr. The van der Waals surface area contributed by atoms with E-state index >= 15 is 0 Å². The first-order valence-corrected chi connectivity index (χ1v) is 1.77. The van der Waals surface area contributed by atoms with Crippen LogP contribution >= 0.6 is 0 Å². The van der Waals surface area contributed by atoms with Crippen molar-refractivity contribution in [3.8, 4) is 0 Å². The maximum atomic E-state index is 9.55. The van der Waals surface area contributed by atoms with E-state index in [9.17, 15) is 9.59 Å². The fourth-order valence-electron chi connectivity index (χ4n) is 0.143. The van der Waals surface area contributed by atoms with Gasteiger partial charge in [0.1, 0.15) is 0 Å². The van der Waals surface area contributed by atoms with Gasteiger partial charge in [-0.1, -0.05) is 0 Å². The number of carboxylic acid groups (broad SMARTS) is 2. The molecule has 0 aliphatic rings. The number of rotatable bonds is 2. The molecule has 0 atom stereocenters. The third kappa shape index (κ3) is 11.6. The van der Waals surface area contributed by atoms with Crippen LogP contribution in [0.15, 0.2) is 12.2 Å². The van der Waals surface area contributed by atoms with Crippen molar-refractivity contribution in [2.75, 3.05) is 0 Å². The van der Waals surface area contributed by atoms with E-state index in [1.54, 1.807) is 0 Å². The van der Waals surface area contributed by atoms with Gasteiger partial charge in [-0.05, 0) is 0 Å². The Labute approximate surface area is 88.4 Å². The molecule has 0 amide bonds. The molecular weight excluding hydrogens is 200 g/mol. The average molecular weight is 204 g/mol. The van der Waals surface area contributed by atoms with Crippen LogP contribution in [0.3, 0.4) is 0 Å². The van der Waals surface area contributed by atoms with Gasteiger partial charge >= 0.3 is 11.9 Å². The fourth-order valence-corrected chi connectivity index (χ4v) is 0.143. The normalized spacial score (nSPS) is 8.44. The summed E-state index contributed by atoms with van der Waals surface area (Å²) in [4.78, 5) is 19.1. The maximum absolute atomic E-state index is 9.55. The molecule has 0 aromatic heterocycles. The summed E-state index contributed by atoms with van der Waals surface area (Å²) in [5.74, 6) is -2.51. The quantitative estimate of drug-likeness (QED) is 0.461. The summed E-state index contributed by atoms with van der Waals surface area (Å²) in [6.07, 6.45) is 1.12. The second-order valence-corrected chi connectivity index (χ2v) is 1.01. The van der Waals surface area contributed by atoms with E-state index in [-0.39, 0.29) is 45.5 Å². The van der Waals surface area contributed by atoms with E-state index in [1.807, 2.05) is 0 Å². The van der Waals surface area contributed by atoms with Gasteiger partial charge in [-0.3, -0.25) is 0 Å². The van der Waals surface area contributed by atoms with E-state index in [0.717, 1.165) is 0 Å². The molecule has 0 spiro atoms. The third-order valence-corrected chi connectivity index (χ3v) is 0.368. The first-order valence-electron chi connectivity index (χ1n) is 1.77. The molecule has 0 fully saturated rings. The van der Waals surface area contributed by atoms with E-state index in [4.69, 9.17) is 10.2 Å². The van der Waals surface area contributed by atoms with Crippen molar-refractivity contribution in [2.24, 2.45) is 0 Å². The minimum atomic E-state index is -1.26. The van der Waals surface area contributed by atoms with E-state index in [2.05, 4.69) is 0 Å². The summed E-state index contributed by atoms with van der Waals surface area (Å²) in [5, 5.41) is 15.6. The number of carboxylic acids is 2. The van der Waals surface area contributed by atoms with Crippen molar-refractivity contribution >= 4 is 57.4 Å². The van der Waals surface area contributed by atoms with Crippen molar-refractivity contribution in [3.05, 3.63) is 12.2 Å². The van der Waals surface area contributed by atoms with Gasteiger partial charge in [-0.25, -0.2) is 9.59 Å². The van der Waals surface area contributed by atoms with Crippen LogP contribution < -0.4 is 0 Å². The first-order chi connectivity index (χ1) is 3.63. The molecule has 0 aromatic rings. The Morgan fingerprint density at radius 1 is 1.00 bits per heavy atom. The van der Waals surface area contributed by atoms with Gasteiger partial charge in [0, 0.05) is 57.6 Å². The van der Waals surface area contributed by atoms with Gasteiger partial charge in [0.2, 0.25) is 0 Å². The average Bonchev–Trinajstić information content (AvgIpc) is 1.61. The summed E-state index contributed by atoms with van der Waals surface area (Å²) < 4.78 is 0. The van der Waals surface area contributed by atoms with Crippen LogP contribution in [-0.2, 0) is 9.59 Å². The third-order valence-electron chi connectivity index (χ3n) is 0.368. The summed E-state index contributed by atoms with van der Waals surface area (Å²) in [7, 11) is 0. The second kappa shape index (κ2) is 6.28. The largest absolute Gasteiger partial charge is 0.478 e. The summed E-state index contributed by atoms with van der Waals surface area (Å²) in [6.45, 7) is 0. The van der Waals surface area contributed by atoms with Crippen LogP contribution in [0, 0.1) is 0 Å². The molecule has 0 aliphatic heterocycles. The molecule has 0 heterocycles. The van der Waals surface area contributed by atoms with Crippen LogP contribution in [0.25, 0.3) is 0 Å². The minimum Gasteiger partial charge on any atom is -0.478 e. The number of hydrogen-bond acceptors (Lipinski definition) is 2. The smallest absolute Gasteiger partial charge is 0.328 e. The molecule has 0 bridgehead atoms. The molecule has 2 N–H and O–H groups in total. The monoisotopic (exact) mass is 204 g/mol. The Hall–Kier alpha value is 0.161. The Bertz CT molecular complexity index is 124. The summed E-state index contributed by atoms with van der Waals surface area (Å²) >= 11 is 0. The molecule has 2 radical (unpaired) electrons. The standard InChI is InChI=1S/C4H4O4.Sr/c5-3(6)1-2-4(7)8;/h1-2H,(H,5,6)(H,7,8);/b2-1-;. The molecule has 9 heavy (non-hydrogen) atoms. The number of aliphatic carboxylic acids is 2. The first kappa shape index (κ1) is 11.9. The van der Waals surface area contributed by atoms with E-state index in [0.29, 0.717) is 12.2 Å². The Kier molecular flexibility index (Phi) is 8.31. The number of hydrogen-bond donors (Lipinski definition) is 2. The van der Waals surface area contributed by atoms with Crippen LogP contribution in [0.2, 0.25) is 0 Å². The van der Waals surface area contributed by atoms with Gasteiger partial charge in [0.15, 0.2) is 0 Å². The zero-order chi connectivity index (χ0) is 6.57. The van der Waals surface area contributed by atoms with Crippen LogP contribution in [-0.4, -0.2) is 67.6 Å².